The largest absolute Gasteiger partial charge is 0.481 e. The molecule has 0 aliphatic carbocycles. The number of rotatable bonds is 4. The Hall–Kier alpha value is -2.74. The predicted molar refractivity (Wildman–Crippen MR) is 84.8 cm³/mol. The Morgan fingerprint density at radius 2 is 1.96 bits per heavy atom. The number of carboxylic acid groups (broad SMARTS) is 1. The molecular weight excluding hydrogens is 335 g/mol. The lowest BCUT2D eigenvalue weighted by Gasteiger charge is -2.10. The van der Waals surface area contributed by atoms with Crippen molar-refractivity contribution in [1.82, 2.24) is 8.96 Å². The Morgan fingerprint density at radius 3 is 2.62 bits per heavy atom. The van der Waals surface area contributed by atoms with Gasteiger partial charge in [-0.25, -0.2) is 21.8 Å². The lowest BCUT2D eigenvalue weighted by atomic mass is 10.1. The van der Waals surface area contributed by atoms with Gasteiger partial charge >= 0.3 is 5.97 Å². The average Bonchev–Trinajstić information content (AvgIpc) is 2.80. The van der Waals surface area contributed by atoms with Crippen LogP contribution in [0.5, 0.6) is 0 Å². The summed E-state index contributed by atoms with van der Waals surface area (Å²) in [6.07, 6.45) is 1.05. The quantitative estimate of drug-likeness (QED) is 0.782. The molecule has 0 fully saturated rings. The molecule has 8 heteroatoms. The van der Waals surface area contributed by atoms with Crippen molar-refractivity contribution in [2.45, 2.75) is 18.2 Å². The van der Waals surface area contributed by atoms with Crippen molar-refractivity contribution in [3.05, 3.63) is 59.7 Å². The van der Waals surface area contributed by atoms with Gasteiger partial charge in [-0.15, -0.1) is 0 Å². The molecule has 2 heterocycles. The Kier molecular flexibility index (Phi) is 3.84. The molecule has 0 radical (unpaired) electrons. The number of aromatic nitrogens is 2. The van der Waals surface area contributed by atoms with Crippen LogP contribution in [0.25, 0.3) is 11.0 Å². The van der Waals surface area contributed by atoms with Crippen LogP contribution >= 0.6 is 0 Å². The van der Waals surface area contributed by atoms with Crippen molar-refractivity contribution < 1.29 is 22.7 Å². The predicted octanol–water partition coefficient (Wildman–Crippen LogP) is 2.35. The fourth-order valence-electron chi connectivity index (χ4n) is 2.69. The molecule has 124 valence electrons. The summed E-state index contributed by atoms with van der Waals surface area (Å²) in [5.41, 5.74) is 0.620. The third-order valence-electron chi connectivity index (χ3n) is 3.73. The zero-order valence-electron chi connectivity index (χ0n) is 12.6. The van der Waals surface area contributed by atoms with Crippen LogP contribution in [0.3, 0.4) is 0 Å². The van der Waals surface area contributed by atoms with E-state index in [1.807, 2.05) is 0 Å². The number of benzene rings is 1. The number of nitrogens with zero attached hydrogens (tertiary/aromatic N) is 2. The van der Waals surface area contributed by atoms with Gasteiger partial charge in [-0.3, -0.25) is 4.79 Å². The van der Waals surface area contributed by atoms with E-state index in [4.69, 9.17) is 5.11 Å². The molecule has 6 nitrogen and oxygen atoms in total. The first-order valence-electron chi connectivity index (χ1n) is 7.01. The van der Waals surface area contributed by atoms with E-state index in [1.165, 1.54) is 25.3 Å². The summed E-state index contributed by atoms with van der Waals surface area (Å²) in [7, 11) is -4.26. The second-order valence-electron chi connectivity index (χ2n) is 5.21. The molecule has 24 heavy (non-hydrogen) atoms. The summed E-state index contributed by atoms with van der Waals surface area (Å²) < 4.78 is 40.8. The zero-order chi connectivity index (χ0) is 17.5. The molecular formula is C16H13FN2O4S. The monoisotopic (exact) mass is 348 g/mol. The van der Waals surface area contributed by atoms with Crippen LogP contribution in [0.2, 0.25) is 0 Å². The van der Waals surface area contributed by atoms with Gasteiger partial charge in [-0.1, -0.05) is 12.1 Å². The fourth-order valence-corrected chi connectivity index (χ4v) is 4.30. The second-order valence-corrected chi connectivity index (χ2v) is 6.96. The smallest absolute Gasteiger partial charge is 0.307 e. The first-order valence-corrected chi connectivity index (χ1v) is 8.45. The highest BCUT2D eigenvalue weighted by Crippen LogP contribution is 2.29. The first kappa shape index (κ1) is 16.1. The highest BCUT2D eigenvalue weighted by atomic mass is 32.2. The molecule has 0 atom stereocenters. The zero-order valence-corrected chi connectivity index (χ0v) is 13.4. The lowest BCUT2D eigenvalue weighted by Crippen LogP contribution is -2.16. The maximum absolute atomic E-state index is 14.0. The minimum absolute atomic E-state index is 0.0782. The van der Waals surface area contributed by atoms with Gasteiger partial charge in [0.05, 0.1) is 6.42 Å². The number of hydrogen-bond donors (Lipinski definition) is 1. The van der Waals surface area contributed by atoms with E-state index >= 15 is 0 Å². The van der Waals surface area contributed by atoms with Crippen LogP contribution in [0.4, 0.5) is 4.39 Å². The summed E-state index contributed by atoms with van der Waals surface area (Å²) >= 11 is 0. The van der Waals surface area contributed by atoms with Gasteiger partial charge in [0.1, 0.15) is 10.7 Å². The van der Waals surface area contributed by atoms with Crippen LogP contribution in [0.15, 0.2) is 47.5 Å². The number of halogens is 1. The van der Waals surface area contributed by atoms with Crippen LogP contribution in [-0.4, -0.2) is 28.5 Å². The Balaban J connectivity index is 2.37. The van der Waals surface area contributed by atoms with Gasteiger partial charge in [0, 0.05) is 17.3 Å². The first-order chi connectivity index (χ1) is 11.3. The van der Waals surface area contributed by atoms with Crippen molar-refractivity contribution in [3.8, 4) is 0 Å². The molecule has 0 saturated heterocycles. The Bertz CT molecular complexity index is 1060. The molecule has 0 aliphatic heterocycles. The van der Waals surface area contributed by atoms with E-state index in [1.54, 1.807) is 12.1 Å². The average molecular weight is 348 g/mol. The van der Waals surface area contributed by atoms with Crippen LogP contribution in [0.1, 0.15) is 11.3 Å². The Labute approximate surface area is 137 Å². The molecule has 0 saturated carbocycles. The number of aliphatic carboxylic acids is 1. The standard InChI is InChI=1S/C16H13FN2O4S/c1-10-12(9-15(20)21)11-5-4-8-18-16(11)19(10)24(22,23)14-7-3-2-6-13(14)17/h2-8H,9H2,1H3,(H,20,21). The summed E-state index contributed by atoms with van der Waals surface area (Å²) in [5, 5.41) is 9.50. The maximum Gasteiger partial charge on any atom is 0.307 e. The minimum Gasteiger partial charge on any atom is -0.481 e. The molecule has 2 aromatic heterocycles. The van der Waals surface area contributed by atoms with Crippen molar-refractivity contribution in [1.29, 1.82) is 0 Å². The number of hydrogen-bond acceptors (Lipinski definition) is 4. The van der Waals surface area contributed by atoms with E-state index in [2.05, 4.69) is 4.98 Å². The van der Waals surface area contributed by atoms with E-state index in [-0.39, 0.29) is 17.8 Å². The van der Waals surface area contributed by atoms with Crippen molar-refractivity contribution in [2.75, 3.05) is 0 Å². The fraction of sp³-hybridized carbons (Fsp3) is 0.125. The molecule has 1 aromatic carbocycles. The maximum atomic E-state index is 14.0. The van der Waals surface area contributed by atoms with Crippen LogP contribution < -0.4 is 0 Å². The summed E-state index contributed by atoms with van der Waals surface area (Å²) in [6, 6.07) is 8.22. The summed E-state index contributed by atoms with van der Waals surface area (Å²) in [5.74, 6) is -1.97. The van der Waals surface area contributed by atoms with Crippen molar-refractivity contribution >= 4 is 27.0 Å². The number of pyridine rings is 1. The lowest BCUT2D eigenvalue weighted by molar-refractivity contribution is -0.136. The molecule has 1 N–H and O–H groups in total. The number of fused-ring (bicyclic) bond motifs is 1. The molecule has 0 bridgehead atoms. The highest BCUT2D eigenvalue weighted by molar-refractivity contribution is 7.90. The molecule has 3 rings (SSSR count). The molecule has 0 amide bonds. The second kappa shape index (κ2) is 5.72. The number of carbonyl (C=O) groups is 1. The Morgan fingerprint density at radius 1 is 1.25 bits per heavy atom. The van der Waals surface area contributed by atoms with Gasteiger partial charge in [0.2, 0.25) is 0 Å². The van der Waals surface area contributed by atoms with Crippen LogP contribution in [0, 0.1) is 12.7 Å². The third-order valence-corrected chi connectivity index (χ3v) is 5.54. The van der Waals surface area contributed by atoms with E-state index in [0.717, 1.165) is 16.1 Å². The van der Waals surface area contributed by atoms with Crippen LogP contribution in [-0.2, 0) is 21.2 Å². The SMILES string of the molecule is Cc1c(CC(=O)O)c2cccnc2n1S(=O)(=O)c1ccccc1F. The topological polar surface area (TPSA) is 89.3 Å². The normalized spacial score (nSPS) is 11.8. The van der Waals surface area contributed by atoms with Gasteiger partial charge < -0.3 is 5.11 Å². The number of carboxylic acids is 1. The highest BCUT2D eigenvalue weighted by Gasteiger charge is 2.28. The van der Waals surface area contributed by atoms with Gasteiger partial charge in [0.25, 0.3) is 10.0 Å². The summed E-state index contributed by atoms with van der Waals surface area (Å²) in [4.78, 5) is 14.7. The minimum atomic E-state index is -4.26. The van der Waals surface area contributed by atoms with Crippen molar-refractivity contribution in [3.63, 3.8) is 0 Å². The van der Waals surface area contributed by atoms with E-state index in [0.29, 0.717) is 10.9 Å². The molecule has 3 aromatic rings. The van der Waals surface area contributed by atoms with Crippen molar-refractivity contribution in [2.24, 2.45) is 0 Å². The molecule has 0 spiro atoms. The van der Waals surface area contributed by atoms with Gasteiger partial charge in [0.15, 0.2) is 5.65 Å². The van der Waals surface area contributed by atoms with E-state index in [9.17, 15) is 17.6 Å². The third kappa shape index (κ3) is 2.44. The molecule has 0 unspecified atom stereocenters. The van der Waals surface area contributed by atoms with E-state index < -0.39 is 26.7 Å². The summed E-state index contributed by atoms with van der Waals surface area (Å²) in [6.45, 7) is 1.48. The van der Waals surface area contributed by atoms with Gasteiger partial charge in [-0.05, 0) is 36.8 Å². The van der Waals surface area contributed by atoms with Gasteiger partial charge in [-0.2, -0.15) is 0 Å². The molecule has 0 aliphatic rings.